The number of hydrogen-bond donors (Lipinski definition) is 3. The minimum Gasteiger partial charge on any atom is -0.389 e. The van der Waals surface area contributed by atoms with Gasteiger partial charge in [-0.3, -0.25) is 4.79 Å². The van der Waals surface area contributed by atoms with E-state index in [0.29, 0.717) is 5.69 Å². The highest BCUT2D eigenvalue weighted by molar-refractivity contribution is 5.94. The maximum atomic E-state index is 14.2. The maximum Gasteiger partial charge on any atom is 0.251 e. The van der Waals surface area contributed by atoms with Crippen LogP contribution in [0.3, 0.4) is 0 Å². The molecule has 116 valence electrons. The summed E-state index contributed by atoms with van der Waals surface area (Å²) in [5.74, 6) is -0.782. The molecule has 1 aromatic rings. The lowest BCUT2D eigenvalue weighted by Gasteiger charge is -2.29. The first-order valence-electron chi connectivity index (χ1n) is 7.13. The molecule has 5 nitrogen and oxygen atoms in total. The summed E-state index contributed by atoms with van der Waals surface area (Å²) in [5.41, 5.74) is -0.208. The van der Waals surface area contributed by atoms with E-state index in [2.05, 4.69) is 10.6 Å². The quantitative estimate of drug-likeness (QED) is 0.766. The van der Waals surface area contributed by atoms with Crippen molar-refractivity contribution in [1.82, 2.24) is 10.6 Å². The van der Waals surface area contributed by atoms with E-state index in [-0.39, 0.29) is 18.0 Å². The zero-order valence-electron chi connectivity index (χ0n) is 12.4. The molecule has 21 heavy (non-hydrogen) atoms. The third-order valence-electron chi connectivity index (χ3n) is 3.35. The van der Waals surface area contributed by atoms with Crippen LogP contribution >= 0.6 is 0 Å². The van der Waals surface area contributed by atoms with Gasteiger partial charge in [0.1, 0.15) is 5.82 Å². The Hall–Kier alpha value is -1.66. The Morgan fingerprint density at radius 1 is 1.43 bits per heavy atom. The summed E-state index contributed by atoms with van der Waals surface area (Å²) in [6, 6.07) is 4.50. The SMILES string of the molecule is CC(C)(O)CNC(=O)c1ccc(N2CCNCC2)c(F)c1. The summed E-state index contributed by atoms with van der Waals surface area (Å²) < 4.78 is 14.2. The number of amides is 1. The van der Waals surface area contributed by atoms with Crippen molar-refractivity contribution < 1.29 is 14.3 Å². The van der Waals surface area contributed by atoms with Crippen molar-refractivity contribution in [3.8, 4) is 0 Å². The van der Waals surface area contributed by atoms with E-state index >= 15 is 0 Å². The third-order valence-corrected chi connectivity index (χ3v) is 3.35. The lowest BCUT2D eigenvalue weighted by Crippen LogP contribution is -2.44. The molecular formula is C15H22FN3O2. The van der Waals surface area contributed by atoms with Crippen LogP contribution in [0.15, 0.2) is 18.2 Å². The minimum atomic E-state index is -0.991. The summed E-state index contributed by atoms with van der Waals surface area (Å²) >= 11 is 0. The van der Waals surface area contributed by atoms with Crippen molar-refractivity contribution in [1.29, 1.82) is 0 Å². The molecule has 0 radical (unpaired) electrons. The normalized spacial score (nSPS) is 15.9. The lowest BCUT2D eigenvalue weighted by molar-refractivity contribution is 0.0694. The summed E-state index contributed by atoms with van der Waals surface area (Å²) in [6.07, 6.45) is 0. The van der Waals surface area contributed by atoms with Crippen molar-refractivity contribution in [2.75, 3.05) is 37.6 Å². The number of nitrogens with zero attached hydrogens (tertiary/aromatic N) is 1. The molecule has 0 spiro atoms. The van der Waals surface area contributed by atoms with Gasteiger partial charge in [-0.05, 0) is 32.0 Å². The number of rotatable bonds is 4. The van der Waals surface area contributed by atoms with E-state index in [1.54, 1.807) is 26.0 Å². The minimum absolute atomic E-state index is 0.118. The predicted molar refractivity (Wildman–Crippen MR) is 80.1 cm³/mol. The molecule has 3 N–H and O–H groups in total. The van der Waals surface area contributed by atoms with Crippen LogP contribution in [-0.2, 0) is 0 Å². The van der Waals surface area contributed by atoms with Gasteiger partial charge in [-0.25, -0.2) is 4.39 Å². The Morgan fingerprint density at radius 2 is 2.10 bits per heavy atom. The number of anilines is 1. The monoisotopic (exact) mass is 295 g/mol. The molecule has 1 fully saturated rings. The molecule has 0 aromatic heterocycles. The molecule has 1 heterocycles. The Labute approximate surface area is 124 Å². The molecule has 1 amide bonds. The van der Waals surface area contributed by atoms with Crippen LogP contribution in [0, 0.1) is 5.82 Å². The highest BCUT2D eigenvalue weighted by atomic mass is 19.1. The predicted octanol–water partition coefficient (Wildman–Crippen LogP) is 0.736. The Kier molecular flexibility index (Phi) is 4.80. The summed E-state index contributed by atoms with van der Waals surface area (Å²) in [5, 5.41) is 15.4. The van der Waals surface area contributed by atoms with Gasteiger partial charge in [0, 0.05) is 38.3 Å². The summed E-state index contributed by atoms with van der Waals surface area (Å²) in [7, 11) is 0. The van der Waals surface area contributed by atoms with Crippen LogP contribution in [0.25, 0.3) is 0 Å². The fourth-order valence-electron chi connectivity index (χ4n) is 2.21. The van der Waals surface area contributed by atoms with Gasteiger partial charge in [0.05, 0.1) is 11.3 Å². The molecule has 6 heteroatoms. The van der Waals surface area contributed by atoms with Gasteiger partial charge in [0.2, 0.25) is 0 Å². The van der Waals surface area contributed by atoms with Gasteiger partial charge >= 0.3 is 0 Å². The number of aliphatic hydroxyl groups is 1. The average Bonchev–Trinajstić information content (AvgIpc) is 2.45. The highest BCUT2D eigenvalue weighted by Crippen LogP contribution is 2.21. The van der Waals surface area contributed by atoms with Crippen molar-refractivity contribution in [3.05, 3.63) is 29.6 Å². The first-order valence-corrected chi connectivity index (χ1v) is 7.13. The number of hydrogen-bond acceptors (Lipinski definition) is 4. The number of carbonyl (C=O) groups excluding carboxylic acids is 1. The number of carbonyl (C=O) groups is 1. The van der Waals surface area contributed by atoms with Crippen LogP contribution < -0.4 is 15.5 Å². The van der Waals surface area contributed by atoms with Gasteiger partial charge in [-0.1, -0.05) is 0 Å². The smallest absolute Gasteiger partial charge is 0.251 e. The molecule has 1 aromatic carbocycles. The second kappa shape index (κ2) is 6.41. The van der Waals surface area contributed by atoms with E-state index in [1.807, 2.05) is 4.90 Å². The second-order valence-electron chi connectivity index (χ2n) is 5.90. The fraction of sp³-hybridized carbons (Fsp3) is 0.533. The number of benzene rings is 1. The molecule has 0 unspecified atom stereocenters. The highest BCUT2D eigenvalue weighted by Gasteiger charge is 2.18. The molecule has 0 aliphatic carbocycles. The van der Waals surface area contributed by atoms with Gasteiger partial charge in [0.25, 0.3) is 5.91 Å². The van der Waals surface area contributed by atoms with Crippen LogP contribution in [0.5, 0.6) is 0 Å². The molecule has 1 aliphatic heterocycles. The average molecular weight is 295 g/mol. The van der Waals surface area contributed by atoms with Crippen LogP contribution in [0.1, 0.15) is 24.2 Å². The zero-order chi connectivity index (χ0) is 15.5. The molecule has 0 atom stereocenters. The lowest BCUT2D eigenvalue weighted by atomic mass is 10.1. The summed E-state index contributed by atoms with van der Waals surface area (Å²) in [4.78, 5) is 13.9. The number of nitrogens with one attached hydrogen (secondary N) is 2. The van der Waals surface area contributed by atoms with Gasteiger partial charge < -0.3 is 20.6 Å². The molecule has 0 bridgehead atoms. The molecule has 0 saturated carbocycles. The Balaban J connectivity index is 2.06. The number of halogens is 1. The topological polar surface area (TPSA) is 64.6 Å². The zero-order valence-corrected chi connectivity index (χ0v) is 12.4. The van der Waals surface area contributed by atoms with Gasteiger partial charge in [0.15, 0.2) is 0 Å². The standard InChI is InChI=1S/C15H22FN3O2/c1-15(2,21)10-18-14(20)11-3-4-13(12(16)9-11)19-7-5-17-6-8-19/h3-4,9,17,21H,5-8,10H2,1-2H3,(H,18,20). The fourth-order valence-corrected chi connectivity index (χ4v) is 2.21. The Morgan fingerprint density at radius 3 is 2.67 bits per heavy atom. The van der Waals surface area contributed by atoms with E-state index in [4.69, 9.17) is 0 Å². The van der Waals surface area contributed by atoms with E-state index in [0.717, 1.165) is 26.2 Å². The molecule has 1 saturated heterocycles. The number of piperazine rings is 1. The van der Waals surface area contributed by atoms with Crippen molar-refractivity contribution >= 4 is 11.6 Å². The first kappa shape index (κ1) is 15.7. The van der Waals surface area contributed by atoms with Gasteiger partial charge in [-0.2, -0.15) is 0 Å². The molecule has 1 aliphatic rings. The van der Waals surface area contributed by atoms with E-state index < -0.39 is 11.4 Å². The van der Waals surface area contributed by atoms with E-state index in [1.165, 1.54) is 6.07 Å². The van der Waals surface area contributed by atoms with Crippen LogP contribution in [0.2, 0.25) is 0 Å². The molecular weight excluding hydrogens is 273 g/mol. The van der Waals surface area contributed by atoms with E-state index in [9.17, 15) is 14.3 Å². The second-order valence-corrected chi connectivity index (χ2v) is 5.90. The first-order chi connectivity index (χ1) is 9.87. The van der Waals surface area contributed by atoms with Gasteiger partial charge in [-0.15, -0.1) is 0 Å². The van der Waals surface area contributed by atoms with Crippen molar-refractivity contribution in [3.63, 3.8) is 0 Å². The molecule has 2 rings (SSSR count). The van der Waals surface area contributed by atoms with Crippen molar-refractivity contribution in [2.45, 2.75) is 19.4 Å². The maximum absolute atomic E-state index is 14.2. The van der Waals surface area contributed by atoms with Crippen LogP contribution in [0.4, 0.5) is 10.1 Å². The Bertz CT molecular complexity index is 508. The third kappa shape index (κ3) is 4.41. The van der Waals surface area contributed by atoms with Crippen molar-refractivity contribution in [2.24, 2.45) is 0 Å². The van der Waals surface area contributed by atoms with Crippen LogP contribution in [-0.4, -0.2) is 49.3 Å². The largest absolute Gasteiger partial charge is 0.389 e. The summed E-state index contributed by atoms with van der Waals surface area (Å²) in [6.45, 7) is 6.47.